The first kappa shape index (κ1) is 45.3. The highest BCUT2D eigenvalue weighted by atomic mass is 31.2. The molecular weight excluding hydrogens is 799 g/mol. The fourth-order valence-corrected chi connectivity index (χ4v) is 9.56. The highest BCUT2D eigenvalue weighted by molar-refractivity contribution is 7.44. The van der Waals surface area contributed by atoms with Crippen LogP contribution >= 0.6 is 8.53 Å². The zero-order valence-electron chi connectivity index (χ0n) is 35.7. The lowest BCUT2D eigenvalue weighted by Crippen LogP contribution is -2.39. The number of nitrogens with one attached hydrogen (secondary N) is 1. The highest BCUT2D eigenvalue weighted by Crippen LogP contribution is 2.51. The van der Waals surface area contributed by atoms with Crippen LogP contribution in [0.4, 0.5) is 5.69 Å². The van der Waals surface area contributed by atoms with Gasteiger partial charge in [-0.2, -0.15) is 0 Å². The van der Waals surface area contributed by atoms with Gasteiger partial charge >= 0.3 is 5.69 Å². The number of methoxy groups -OCH3 is 2. The Morgan fingerprint density at radius 1 is 0.869 bits per heavy atom. The summed E-state index contributed by atoms with van der Waals surface area (Å²) in [6.45, 7) is 10.2. The topological polar surface area (TPSA) is 157 Å². The molecule has 1 fully saturated rings. The van der Waals surface area contributed by atoms with Gasteiger partial charge < -0.3 is 28.0 Å². The molecule has 15 heteroatoms. The first-order valence-electron chi connectivity index (χ1n) is 20.4. The Kier molecular flexibility index (Phi) is 15.3. The van der Waals surface area contributed by atoms with Crippen molar-refractivity contribution in [2.75, 3.05) is 27.4 Å². The molecule has 324 valence electrons. The second-order valence-electron chi connectivity index (χ2n) is 15.4. The van der Waals surface area contributed by atoms with Crippen LogP contribution in [0, 0.1) is 17.0 Å². The van der Waals surface area contributed by atoms with Crippen molar-refractivity contribution in [3.63, 3.8) is 0 Å². The molecule has 0 saturated carbocycles. The number of nitrogens with zero attached hydrogens (tertiary/aromatic N) is 3. The van der Waals surface area contributed by atoms with Crippen LogP contribution in [-0.4, -0.2) is 70.9 Å². The quantitative estimate of drug-likeness (QED) is 0.0264. The van der Waals surface area contributed by atoms with Gasteiger partial charge in [-0.15, -0.1) is 0 Å². The van der Waals surface area contributed by atoms with Crippen molar-refractivity contribution < 1.29 is 32.9 Å². The number of nitro groups is 1. The van der Waals surface area contributed by atoms with E-state index in [1.54, 1.807) is 39.3 Å². The number of hydrogen-bond donors (Lipinski definition) is 1. The van der Waals surface area contributed by atoms with Crippen molar-refractivity contribution in [2.45, 2.75) is 90.0 Å². The lowest BCUT2D eigenvalue weighted by atomic mass is 9.80. The lowest BCUT2D eigenvalue weighted by molar-refractivity contribution is -0.385. The molecule has 0 amide bonds. The van der Waals surface area contributed by atoms with E-state index >= 15 is 0 Å². The predicted octanol–water partition coefficient (Wildman–Crippen LogP) is 8.45. The number of aromatic amines is 1. The molecule has 6 rings (SSSR count). The molecule has 0 spiro atoms. The predicted molar refractivity (Wildman–Crippen MR) is 234 cm³/mol. The maximum atomic E-state index is 13.3. The number of aromatic nitrogens is 2. The van der Waals surface area contributed by atoms with E-state index in [4.69, 9.17) is 28.0 Å². The summed E-state index contributed by atoms with van der Waals surface area (Å²) in [5.74, 6) is 1.38. The minimum atomic E-state index is -1.74. The number of para-hydroxylation sites is 1. The molecule has 1 N–H and O–H groups in total. The van der Waals surface area contributed by atoms with Crippen molar-refractivity contribution in [2.24, 2.45) is 0 Å². The van der Waals surface area contributed by atoms with Gasteiger partial charge in [-0.1, -0.05) is 72.8 Å². The molecule has 0 radical (unpaired) electrons. The molecule has 14 nitrogen and oxygen atoms in total. The molecule has 0 bridgehead atoms. The lowest BCUT2D eigenvalue weighted by Gasteiger charge is -2.39. The third-order valence-corrected chi connectivity index (χ3v) is 12.9. The Morgan fingerprint density at radius 2 is 1.44 bits per heavy atom. The Hall–Kier alpha value is -5.21. The molecule has 4 atom stereocenters. The van der Waals surface area contributed by atoms with Gasteiger partial charge in [-0.05, 0) is 88.4 Å². The summed E-state index contributed by atoms with van der Waals surface area (Å²) >= 11 is 0. The summed E-state index contributed by atoms with van der Waals surface area (Å²) in [4.78, 5) is 39.5. The zero-order chi connectivity index (χ0) is 43.7. The summed E-state index contributed by atoms with van der Waals surface area (Å²) in [7, 11) is 1.50. The number of benzene rings is 4. The number of aryl methyl sites for hydroxylation is 2. The zero-order valence-corrected chi connectivity index (χ0v) is 36.6. The second-order valence-corrected chi connectivity index (χ2v) is 16.8. The molecular formula is C46H55N4O10P. The van der Waals surface area contributed by atoms with Crippen molar-refractivity contribution in [3.05, 3.63) is 168 Å². The SMILES string of the molecule is COc1ccc(C(OC[C@H]2O[C@@H](n3cc(C)c(=O)[nH]c3=O)C[C@@H]2OP(OCCCc2ccccc2[N+](=O)[O-])N(C(C)C)C(C)C)(c2ccccc2)c2ccc(OC)cc2)cc1. The van der Waals surface area contributed by atoms with Gasteiger partial charge in [0.15, 0.2) is 0 Å². The average molecular weight is 855 g/mol. The highest BCUT2D eigenvalue weighted by Gasteiger charge is 2.45. The number of ether oxygens (including phenoxy) is 4. The summed E-state index contributed by atoms with van der Waals surface area (Å²) in [5, 5.41) is 11.7. The van der Waals surface area contributed by atoms with Gasteiger partial charge in [0, 0.05) is 41.9 Å². The van der Waals surface area contributed by atoms with E-state index in [0.717, 1.165) is 16.7 Å². The molecule has 1 aromatic heterocycles. The van der Waals surface area contributed by atoms with E-state index in [1.807, 2.05) is 78.9 Å². The molecule has 4 aromatic carbocycles. The number of H-pyrrole nitrogens is 1. The van der Waals surface area contributed by atoms with Gasteiger partial charge in [-0.3, -0.25) is 24.5 Å². The van der Waals surface area contributed by atoms with E-state index in [0.29, 0.717) is 35.5 Å². The van der Waals surface area contributed by atoms with E-state index in [2.05, 4.69) is 37.3 Å². The monoisotopic (exact) mass is 854 g/mol. The molecule has 1 aliphatic rings. The minimum Gasteiger partial charge on any atom is -0.497 e. The molecule has 1 unspecified atom stereocenters. The van der Waals surface area contributed by atoms with Crippen LogP contribution < -0.4 is 20.7 Å². The maximum absolute atomic E-state index is 13.3. The van der Waals surface area contributed by atoms with Gasteiger partial charge in [-0.25, -0.2) is 9.46 Å². The molecule has 1 aliphatic heterocycles. The molecule has 2 heterocycles. The first-order valence-corrected chi connectivity index (χ1v) is 21.6. The van der Waals surface area contributed by atoms with Crippen LogP contribution in [0.25, 0.3) is 0 Å². The van der Waals surface area contributed by atoms with E-state index in [1.165, 1.54) is 16.8 Å². The van der Waals surface area contributed by atoms with Crippen LogP contribution in [0.15, 0.2) is 119 Å². The molecule has 61 heavy (non-hydrogen) atoms. The molecule has 0 aliphatic carbocycles. The molecule has 1 saturated heterocycles. The first-order chi connectivity index (χ1) is 29.4. The maximum Gasteiger partial charge on any atom is 0.330 e. The van der Waals surface area contributed by atoms with Crippen molar-refractivity contribution in [1.82, 2.24) is 14.2 Å². The fraction of sp³-hybridized carbons (Fsp3) is 0.391. The Labute approximate surface area is 357 Å². The fourth-order valence-electron chi connectivity index (χ4n) is 7.76. The van der Waals surface area contributed by atoms with Crippen molar-refractivity contribution in [1.29, 1.82) is 0 Å². The smallest absolute Gasteiger partial charge is 0.330 e. The molecule has 5 aromatic rings. The second kappa shape index (κ2) is 20.6. The van der Waals surface area contributed by atoms with Crippen LogP contribution in [0.1, 0.15) is 74.6 Å². The number of hydrogen-bond acceptors (Lipinski definition) is 11. The Bertz CT molecular complexity index is 2260. The van der Waals surface area contributed by atoms with Gasteiger partial charge in [0.25, 0.3) is 19.8 Å². The van der Waals surface area contributed by atoms with Crippen LogP contribution in [0.5, 0.6) is 11.5 Å². The van der Waals surface area contributed by atoms with Gasteiger partial charge in [0.1, 0.15) is 29.4 Å². The summed E-state index contributed by atoms with van der Waals surface area (Å²) < 4.78 is 42.3. The summed E-state index contributed by atoms with van der Waals surface area (Å²) in [5.41, 5.74) is 1.35. The minimum absolute atomic E-state index is 0.00934. The number of rotatable bonds is 20. The van der Waals surface area contributed by atoms with Crippen LogP contribution in [-0.2, 0) is 30.5 Å². The van der Waals surface area contributed by atoms with Crippen LogP contribution in [0.3, 0.4) is 0 Å². The standard InChI is InChI=1S/C46H55N4O10P/c1-31(2)49(32(3)4)61(58-27-13-15-34-14-11-12-18-40(34)50(53)54)60-41-28-43(48-29-33(5)44(51)47-45(48)52)59-42(41)30-57-46(35-16-9-8-10-17-35,36-19-23-38(55-6)24-20-36)37-21-25-39(56-7)26-22-37/h8-12,14,16-26,29,31-32,41-43H,13,15,27-28,30H2,1-7H3,(H,47,51,52)/t41-,42+,43+,61?/m0/s1. The van der Waals surface area contributed by atoms with Crippen molar-refractivity contribution >= 4 is 14.2 Å². The summed E-state index contributed by atoms with van der Waals surface area (Å²) in [6, 6.07) is 32.2. The van der Waals surface area contributed by atoms with E-state index in [-0.39, 0.29) is 42.3 Å². The summed E-state index contributed by atoms with van der Waals surface area (Å²) in [6.07, 6.45) is 0.522. The number of nitro benzene ring substituents is 1. The van der Waals surface area contributed by atoms with E-state index < -0.39 is 43.8 Å². The van der Waals surface area contributed by atoms with Crippen molar-refractivity contribution in [3.8, 4) is 11.5 Å². The third-order valence-electron chi connectivity index (χ3n) is 10.7. The van der Waals surface area contributed by atoms with Crippen LogP contribution in [0.2, 0.25) is 0 Å². The van der Waals surface area contributed by atoms with Gasteiger partial charge in [0.2, 0.25) is 0 Å². The average Bonchev–Trinajstić information content (AvgIpc) is 3.66. The van der Waals surface area contributed by atoms with E-state index in [9.17, 15) is 19.7 Å². The largest absolute Gasteiger partial charge is 0.497 e. The Morgan fingerprint density at radius 3 is 2.02 bits per heavy atom. The van der Waals surface area contributed by atoms with Gasteiger partial charge in [0.05, 0.1) is 38.5 Å². The third kappa shape index (κ3) is 10.5. The Balaban J connectivity index is 1.38. The normalized spacial score (nSPS) is 17.2.